The van der Waals surface area contributed by atoms with E-state index in [1.54, 1.807) is 0 Å². The average Bonchev–Trinajstić information content (AvgIpc) is 2.92. The van der Waals surface area contributed by atoms with Gasteiger partial charge in [0.2, 0.25) is 0 Å². The van der Waals surface area contributed by atoms with Crippen molar-refractivity contribution in [2.75, 3.05) is 0 Å². The monoisotopic (exact) mass is 299 g/mol. The summed E-state index contributed by atoms with van der Waals surface area (Å²) >= 11 is 0. The fraction of sp³-hybridized carbons (Fsp3) is 0.588. The van der Waals surface area contributed by atoms with E-state index >= 15 is 0 Å². The van der Waals surface area contributed by atoms with Gasteiger partial charge in [0.25, 0.3) is 0 Å². The summed E-state index contributed by atoms with van der Waals surface area (Å²) in [4.78, 5) is 9.52. The third-order valence-electron chi connectivity index (χ3n) is 4.61. The predicted molar refractivity (Wildman–Crippen MR) is 87.5 cm³/mol. The number of hydrogen-bond donors (Lipinski definition) is 1. The minimum absolute atomic E-state index is 0.306. The second-order valence-corrected chi connectivity index (χ2v) is 6.52. The molecule has 0 fully saturated rings. The minimum atomic E-state index is 0.306. The molecule has 1 N–H and O–H groups in total. The van der Waals surface area contributed by atoms with Crippen LogP contribution in [0.5, 0.6) is 0 Å². The molecule has 22 heavy (non-hydrogen) atoms. The van der Waals surface area contributed by atoms with E-state index in [1.165, 1.54) is 11.3 Å². The van der Waals surface area contributed by atoms with E-state index < -0.39 is 0 Å². The zero-order valence-electron chi connectivity index (χ0n) is 14.1. The Balaban J connectivity index is 2.16. The second-order valence-electron chi connectivity index (χ2n) is 6.52. The summed E-state index contributed by atoms with van der Waals surface area (Å²) in [6, 6.07) is 0.745. The van der Waals surface area contributed by atoms with Crippen molar-refractivity contribution in [1.29, 1.82) is 0 Å². The molecular weight excluding hydrogens is 274 g/mol. The summed E-state index contributed by atoms with van der Waals surface area (Å²) in [7, 11) is 1.94. The molecule has 0 aliphatic carbocycles. The zero-order chi connectivity index (χ0) is 15.9. The SMILES string of the molecule is CCC(C)C1N[C@@H](C)Cc2c(-c3cnn(C)c3)nc(C)nc21. The first-order valence-electron chi connectivity index (χ1n) is 8.12. The maximum Gasteiger partial charge on any atom is 0.126 e. The van der Waals surface area contributed by atoms with Crippen molar-refractivity contribution in [3.05, 3.63) is 29.5 Å². The highest BCUT2D eigenvalue weighted by Crippen LogP contribution is 2.35. The van der Waals surface area contributed by atoms with Gasteiger partial charge in [-0.3, -0.25) is 4.68 Å². The highest BCUT2D eigenvalue weighted by molar-refractivity contribution is 5.63. The Hall–Kier alpha value is -1.75. The predicted octanol–water partition coefficient (Wildman–Crippen LogP) is 2.81. The van der Waals surface area contributed by atoms with Crippen LogP contribution in [0.15, 0.2) is 12.4 Å². The van der Waals surface area contributed by atoms with E-state index in [4.69, 9.17) is 9.97 Å². The van der Waals surface area contributed by atoms with Crippen LogP contribution in [0.1, 0.15) is 50.3 Å². The van der Waals surface area contributed by atoms with Gasteiger partial charge < -0.3 is 5.32 Å². The molecule has 0 amide bonds. The Morgan fingerprint density at radius 1 is 1.41 bits per heavy atom. The highest BCUT2D eigenvalue weighted by atomic mass is 15.2. The van der Waals surface area contributed by atoms with Crippen LogP contribution in [0.4, 0.5) is 0 Å². The van der Waals surface area contributed by atoms with E-state index in [0.29, 0.717) is 18.0 Å². The van der Waals surface area contributed by atoms with E-state index in [2.05, 4.69) is 31.2 Å². The summed E-state index contributed by atoms with van der Waals surface area (Å²) < 4.78 is 1.83. The van der Waals surface area contributed by atoms with E-state index in [1.807, 2.05) is 31.0 Å². The smallest absolute Gasteiger partial charge is 0.126 e. The lowest BCUT2D eigenvalue weighted by Crippen LogP contribution is -2.41. The van der Waals surface area contributed by atoms with Gasteiger partial charge in [-0.1, -0.05) is 20.3 Å². The van der Waals surface area contributed by atoms with Gasteiger partial charge in [0, 0.05) is 30.4 Å². The fourth-order valence-corrected chi connectivity index (χ4v) is 3.28. The van der Waals surface area contributed by atoms with E-state index in [0.717, 1.165) is 29.9 Å². The van der Waals surface area contributed by atoms with Crippen LogP contribution in [0.3, 0.4) is 0 Å². The molecular formula is C17H25N5. The molecule has 0 aromatic carbocycles. The summed E-state index contributed by atoms with van der Waals surface area (Å²) in [5.41, 5.74) is 4.60. The van der Waals surface area contributed by atoms with Crippen molar-refractivity contribution in [2.45, 2.75) is 52.6 Å². The van der Waals surface area contributed by atoms with Gasteiger partial charge in [0.1, 0.15) is 5.82 Å². The van der Waals surface area contributed by atoms with Gasteiger partial charge in [-0.15, -0.1) is 0 Å². The van der Waals surface area contributed by atoms with Crippen LogP contribution in [0, 0.1) is 12.8 Å². The molecule has 2 unspecified atom stereocenters. The molecule has 3 atom stereocenters. The summed E-state index contributed by atoms with van der Waals surface area (Å²) in [5, 5.41) is 8.02. The Morgan fingerprint density at radius 2 is 2.18 bits per heavy atom. The van der Waals surface area contributed by atoms with Crippen molar-refractivity contribution in [2.24, 2.45) is 13.0 Å². The lowest BCUT2D eigenvalue weighted by atomic mass is 9.85. The normalized spacial score (nSPS) is 22.4. The maximum atomic E-state index is 4.79. The van der Waals surface area contributed by atoms with Gasteiger partial charge in [0.15, 0.2) is 0 Å². The summed E-state index contributed by atoms with van der Waals surface area (Å²) in [6.07, 6.45) is 6.03. The molecule has 0 spiro atoms. The number of hydrogen-bond acceptors (Lipinski definition) is 4. The highest BCUT2D eigenvalue weighted by Gasteiger charge is 2.31. The van der Waals surface area contributed by atoms with Gasteiger partial charge in [0.05, 0.1) is 23.6 Å². The van der Waals surface area contributed by atoms with Gasteiger partial charge in [-0.05, 0) is 26.2 Å². The number of nitrogens with one attached hydrogen (secondary N) is 1. The van der Waals surface area contributed by atoms with Crippen LogP contribution < -0.4 is 5.32 Å². The van der Waals surface area contributed by atoms with Gasteiger partial charge >= 0.3 is 0 Å². The Bertz CT molecular complexity index is 676. The molecule has 5 nitrogen and oxygen atoms in total. The maximum absolute atomic E-state index is 4.79. The third kappa shape index (κ3) is 2.65. The largest absolute Gasteiger partial charge is 0.306 e. The molecule has 5 heteroatoms. The van der Waals surface area contributed by atoms with Crippen LogP contribution in [-0.2, 0) is 13.5 Å². The van der Waals surface area contributed by atoms with Crippen LogP contribution in [0.25, 0.3) is 11.3 Å². The molecule has 2 aromatic heterocycles. The van der Waals surface area contributed by atoms with Crippen molar-refractivity contribution in [1.82, 2.24) is 25.1 Å². The Kier molecular flexibility index (Phi) is 4.00. The summed E-state index contributed by atoms with van der Waals surface area (Å²) in [6.45, 7) is 8.75. The molecule has 0 saturated carbocycles. The first-order chi connectivity index (χ1) is 10.5. The fourth-order valence-electron chi connectivity index (χ4n) is 3.28. The lowest BCUT2D eigenvalue weighted by molar-refractivity contribution is 0.314. The minimum Gasteiger partial charge on any atom is -0.306 e. The van der Waals surface area contributed by atoms with Crippen molar-refractivity contribution in [3.63, 3.8) is 0 Å². The third-order valence-corrected chi connectivity index (χ3v) is 4.61. The molecule has 3 rings (SSSR count). The molecule has 1 aliphatic heterocycles. The number of rotatable bonds is 3. The number of aromatic nitrogens is 4. The summed E-state index contributed by atoms with van der Waals surface area (Å²) in [5.74, 6) is 1.39. The second kappa shape index (κ2) is 5.80. The van der Waals surface area contributed by atoms with Gasteiger partial charge in [-0.25, -0.2) is 9.97 Å². The van der Waals surface area contributed by atoms with Crippen molar-refractivity contribution < 1.29 is 0 Å². The number of fused-ring (bicyclic) bond motifs is 1. The van der Waals surface area contributed by atoms with Crippen molar-refractivity contribution >= 4 is 0 Å². The molecule has 0 radical (unpaired) electrons. The zero-order valence-corrected chi connectivity index (χ0v) is 14.1. The standard InChI is InChI=1S/C17H25N5/c1-6-10(2)15-17-14(7-11(3)19-15)16(20-12(4)21-17)13-8-18-22(5)9-13/h8-11,15,19H,6-7H2,1-5H3/t10?,11-,15?/m0/s1. The lowest BCUT2D eigenvalue weighted by Gasteiger charge is -2.34. The Labute approximate surface area is 132 Å². The molecule has 1 aliphatic rings. The first-order valence-corrected chi connectivity index (χ1v) is 8.12. The quantitative estimate of drug-likeness (QED) is 0.947. The van der Waals surface area contributed by atoms with E-state index in [-0.39, 0.29) is 0 Å². The number of nitrogens with zero attached hydrogens (tertiary/aromatic N) is 4. The first kappa shape index (κ1) is 15.2. The molecule has 118 valence electrons. The molecule has 2 aromatic rings. The topological polar surface area (TPSA) is 55.6 Å². The molecule has 0 saturated heterocycles. The molecule has 0 bridgehead atoms. The van der Waals surface area contributed by atoms with Crippen LogP contribution in [-0.4, -0.2) is 25.8 Å². The van der Waals surface area contributed by atoms with Crippen LogP contribution in [0.2, 0.25) is 0 Å². The van der Waals surface area contributed by atoms with Crippen molar-refractivity contribution in [3.8, 4) is 11.3 Å². The Morgan fingerprint density at radius 3 is 2.82 bits per heavy atom. The van der Waals surface area contributed by atoms with Gasteiger partial charge in [-0.2, -0.15) is 5.10 Å². The number of aryl methyl sites for hydroxylation is 2. The average molecular weight is 299 g/mol. The van der Waals surface area contributed by atoms with Crippen LogP contribution >= 0.6 is 0 Å². The van der Waals surface area contributed by atoms with E-state index in [9.17, 15) is 0 Å². The molecule has 3 heterocycles.